The zero-order chi connectivity index (χ0) is 23.3. The molecule has 0 aliphatic carbocycles. The van der Waals surface area contributed by atoms with Crippen molar-refractivity contribution in [3.05, 3.63) is 28.8 Å². The highest BCUT2D eigenvalue weighted by atomic mass is 35.5. The van der Waals surface area contributed by atoms with Gasteiger partial charge in [0.2, 0.25) is 11.8 Å². The number of benzene rings is 1. The number of piperazine rings is 1. The average Bonchev–Trinajstić information content (AvgIpc) is 3.04. The van der Waals surface area contributed by atoms with Crippen LogP contribution >= 0.6 is 11.6 Å². The van der Waals surface area contributed by atoms with E-state index < -0.39 is 23.7 Å². The van der Waals surface area contributed by atoms with Gasteiger partial charge in [-0.25, -0.2) is 0 Å². The summed E-state index contributed by atoms with van der Waals surface area (Å²) in [4.78, 5) is 31.2. The number of halogens is 4. The maximum Gasteiger partial charge on any atom is 0.418 e. The fourth-order valence-corrected chi connectivity index (χ4v) is 4.36. The molecule has 3 rings (SSSR count). The molecule has 2 fully saturated rings. The number of carbonyl (C=O) groups is 2. The number of amides is 2. The summed E-state index contributed by atoms with van der Waals surface area (Å²) in [6, 6.07) is 2.69. The van der Waals surface area contributed by atoms with E-state index in [9.17, 15) is 22.8 Å². The third-order valence-electron chi connectivity index (χ3n) is 6.20. The van der Waals surface area contributed by atoms with Gasteiger partial charge < -0.3 is 10.2 Å². The van der Waals surface area contributed by atoms with Gasteiger partial charge in [0.1, 0.15) is 0 Å². The molecule has 0 saturated carbocycles. The zero-order valence-corrected chi connectivity index (χ0v) is 19.0. The number of anilines is 1. The van der Waals surface area contributed by atoms with Crippen molar-refractivity contribution >= 4 is 29.1 Å². The van der Waals surface area contributed by atoms with E-state index in [0.717, 1.165) is 32.0 Å². The van der Waals surface area contributed by atoms with E-state index >= 15 is 0 Å². The molecule has 1 aromatic rings. The summed E-state index contributed by atoms with van der Waals surface area (Å²) in [5.74, 6) is -0.361. The van der Waals surface area contributed by atoms with Crippen molar-refractivity contribution in [3.8, 4) is 0 Å². The normalized spacial score (nSPS) is 20.0. The second-order valence-electron chi connectivity index (χ2n) is 8.46. The molecule has 0 bridgehead atoms. The number of hydrogen-bond acceptors (Lipinski definition) is 4. The second kappa shape index (κ2) is 10.9. The van der Waals surface area contributed by atoms with Crippen LogP contribution in [-0.2, 0) is 15.8 Å². The van der Waals surface area contributed by atoms with Crippen molar-refractivity contribution in [3.63, 3.8) is 0 Å². The van der Waals surface area contributed by atoms with E-state index in [0.29, 0.717) is 32.7 Å². The lowest BCUT2D eigenvalue weighted by Gasteiger charge is -2.37. The van der Waals surface area contributed by atoms with Gasteiger partial charge in [0.05, 0.1) is 23.8 Å². The minimum atomic E-state index is -4.62. The van der Waals surface area contributed by atoms with Crippen LogP contribution in [0.1, 0.15) is 38.2 Å². The van der Waals surface area contributed by atoms with E-state index in [1.165, 1.54) is 25.0 Å². The molecule has 178 valence electrons. The van der Waals surface area contributed by atoms with Gasteiger partial charge in [-0.15, -0.1) is 0 Å². The van der Waals surface area contributed by atoms with Gasteiger partial charge in [0.25, 0.3) is 0 Å². The molecule has 0 unspecified atom stereocenters. The lowest BCUT2D eigenvalue weighted by molar-refractivity contribution is -0.137. The van der Waals surface area contributed by atoms with E-state index in [1.807, 2.05) is 9.80 Å². The van der Waals surface area contributed by atoms with E-state index in [-0.39, 0.29) is 16.6 Å². The van der Waals surface area contributed by atoms with E-state index in [2.05, 4.69) is 10.2 Å². The Morgan fingerprint density at radius 2 is 1.66 bits per heavy atom. The van der Waals surface area contributed by atoms with Crippen molar-refractivity contribution in [2.24, 2.45) is 0 Å². The highest BCUT2D eigenvalue weighted by molar-refractivity contribution is 6.30. The van der Waals surface area contributed by atoms with Crippen LogP contribution in [0.5, 0.6) is 0 Å². The van der Waals surface area contributed by atoms with Gasteiger partial charge in [-0.1, -0.05) is 24.4 Å². The number of rotatable bonds is 5. The van der Waals surface area contributed by atoms with Crippen molar-refractivity contribution in [1.29, 1.82) is 0 Å². The Labute approximate surface area is 191 Å². The van der Waals surface area contributed by atoms with Crippen molar-refractivity contribution in [2.75, 3.05) is 51.1 Å². The topological polar surface area (TPSA) is 55.9 Å². The van der Waals surface area contributed by atoms with Crippen molar-refractivity contribution < 1.29 is 22.8 Å². The standard InChI is InChI=1S/C22H30ClF3N4O2/c1-16(21(32)27-19-7-6-17(23)14-18(19)22(24,25)26)29-12-10-28(11-13-29)15-20(31)30-8-4-2-3-5-9-30/h6-7,14,16H,2-5,8-13,15H2,1H3,(H,27,32)/t16-/m1/s1. The molecule has 1 N–H and O–H groups in total. The second-order valence-corrected chi connectivity index (χ2v) is 8.90. The number of nitrogens with one attached hydrogen (secondary N) is 1. The molecule has 6 nitrogen and oxygen atoms in total. The fraction of sp³-hybridized carbons (Fsp3) is 0.636. The number of carbonyl (C=O) groups excluding carboxylic acids is 2. The van der Waals surface area contributed by atoms with Crippen LogP contribution in [0.3, 0.4) is 0 Å². The molecule has 0 aromatic heterocycles. The molecule has 32 heavy (non-hydrogen) atoms. The van der Waals surface area contributed by atoms with Crippen LogP contribution in [0.2, 0.25) is 5.02 Å². The van der Waals surface area contributed by atoms with Crippen LogP contribution in [-0.4, -0.2) is 78.4 Å². The smallest absolute Gasteiger partial charge is 0.342 e. The fourth-order valence-electron chi connectivity index (χ4n) is 4.18. The first-order valence-corrected chi connectivity index (χ1v) is 11.4. The van der Waals surface area contributed by atoms with Crippen molar-refractivity contribution in [2.45, 2.75) is 44.8 Å². The Morgan fingerprint density at radius 1 is 1.03 bits per heavy atom. The number of alkyl halides is 3. The molecular formula is C22H30ClF3N4O2. The van der Waals surface area contributed by atoms with E-state index in [1.54, 1.807) is 6.92 Å². The summed E-state index contributed by atoms with van der Waals surface area (Å²) < 4.78 is 39.8. The lowest BCUT2D eigenvalue weighted by atomic mass is 10.1. The van der Waals surface area contributed by atoms with Gasteiger partial charge >= 0.3 is 6.18 Å². The van der Waals surface area contributed by atoms with E-state index in [4.69, 9.17) is 11.6 Å². The summed E-state index contributed by atoms with van der Waals surface area (Å²) in [5, 5.41) is 2.35. The first-order chi connectivity index (χ1) is 15.1. The zero-order valence-electron chi connectivity index (χ0n) is 18.3. The van der Waals surface area contributed by atoms with Crippen molar-refractivity contribution in [1.82, 2.24) is 14.7 Å². The SMILES string of the molecule is C[C@H](C(=O)Nc1ccc(Cl)cc1C(F)(F)F)N1CCN(CC(=O)N2CCCCCC2)CC1. The molecule has 2 saturated heterocycles. The molecule has 1 aromatic carbocycles. The third kappa shape index (κ3) is 6.59. The lowest BCUT2D eigenvalue weighted by Crippen LogP contribution is -2.54. The summed E-state index contributed by atoms with van der Waals surface area (Å²) >= 11 is 5.70. The highest BCUT2D eigenvalue weighted by Crippen LogP contribution is 2.36. The summed E-state index contributed by atoms with van der Waals surface area (Å²) in [5.41, 5.74) is -1.28. The van der Waals surface area contributed by atoms with Crippen LogP contribution in [0.25, 0.3) is 0 Å². The predicted octanol–water partition coefficient (Wildman–Crippen LogP) is 3.71. The average molecular weight is 475 g/mol. The molecule has 1 atom stereocenters. The maximum absolute atomic E-state index is 13.3. The molecule has 0 radical (unpaired) electrons. The summed E-state index contributed by atoms with van der Waals surface area (Å²) in [6.45, 7) is 6.08. The minimum Gasteiger partial charge on any atom is -0.342 e. The maximum atomic E-state index is 13.3. The van der Waals surface area contributed by atoms with Crippen LogP contribution in [0.15, 0.2) is 18.2 Å². The Balaban J connectivity index is 1.51. The first-order valence-electron chi connectivity index (χ1n) is 11.1. The van der Waals surface area contributed by atoms with Gasteiger partial charge in [-0.2, -0.15) is 13.2 Å². The van der Waals surface area contributed by atoms with Gasteiger partial charge in [-0.05, 0) is 38.0 Å². The Hall–Kier alpha value is -1.84. The number of hydrogen-bond donors (Lipinski definition) is 1. The molecule has 2 aliphatic heterocycles. The molecule has 0 spiro atoms. The first kappa shape index (κ1) is 24.8. The summed E-state index contributed by atoms with van der Waals surface area (Å²) in [7, 11) is 0. The minimum absolute atomic E-state index is 0.0470. The van der Waals surface area contributed by atoms with Gasteiger partial charge in [0.15, 0.2) is 0 Å². The van der Waals surface area contributed by atoms with Crippen LogP contribution in [0.4, 0.5) is 18.9 Å². The quantitative estimate of drug-likeness (QED) is 0.707. The molecule has 2 heterocycles. The highest BCUT2D eigenvalue weighted by Gasteiger charge is 2.35. The Bertz CT molecular complexity index is 805. The summed E-state index contributed by atoms with van der Waals surface area (Å²) in [6.07, 6.45) is -0.181. The molecular weight excluding hydrogens is 445 g/mol. The number of nitrogens with zero attached hydrogens (tertiary/aromatic N) is 3. The van der Waals surface area contributed by atoms with Gasteiger partial charge in [0, 0.05) is 44.3 Å². The Kier molecular flexibility index (Phi) is 8.41. The Morgan fingerprint density at radius 3 is 2.25 bits per heavy atom. The van der Waals surface area contributed by atoms with Gasteiger partial charge in [-0.3, -0.25) is 19.4 Å². The predicted molar refractivity (Wildman–Crippen MR) is 118 cm³/mol. The third-order valence-corrected chi connectivity index (χ3v) is 6.43. The largest absolute Gasteiger partial charge is 0.418 e. The molecule has 2 aliphatic rings. The molecule has 2 amide bonds. The number of likely N-dealkylation sites (tertiary alicyclic amines) is 1. The van der Waals surface area contributed by atoms with Crippen LogP contribution in [0, 0.1) is 0 Å². The molecule has 10 heteroatoms. The van der Waals surface area contributed by atoms with Crippen LogP contribution < -0.4 is 5.32 Å². The monoisotopic (exact) mass is 474 g/mol.